The van der Waals surface area contributed by atoms with E-state index in [-0.39, 0.29) is 23.8 Å². The Kier molecular flexibility index (Phi) is 5.39. The predicted molar refractivity (Wildman–Crippen MR) is 92.8 cm³/mol. The van der Waals surface area contributed by atoms with Gasteiger partial charge in [-0.25, -0.2) is 0 Å². The van der Waals surface area contributed by atoms with E-state index in [1.54, 1.807) is 0 Å². The first-order valence-electron chi connectivity index (χ1n) is 8.44. The molecule has 0 radical (unpaired) electrons. The smallest absolute Gasteiger partial charge is 0.122 e. The van der Waals surface area contributed by atoms with Crippen LogP contribution in [0.1, 0.15) is 46.1 Å². The Morgan fingerprint density at radius 3 is 2.30 bits per heavy atom. The van der Waals surface area contributed by atoms with Crippen molar-refractivity contribution in [3.63, 3.8) is 0 Å². The van der Waals surface area contributed by atoms with Gasteiger partial charge >= 0.3 is 0 Å². The number of hydrogen-bond acceptors (Lipinski definition) is 4. The van der Waals surface area contributed by atoms with Crippen LogP contribution in [0.2, 0.25) is 0 Å². The highest BCUT2D eigenvalue weighted by atomic mass is 16.5. The van der Waals surface area contributed by atoms with Gasteiger partial charge in [-0.2, -0.15) is 0 Å². The van der Waals surface area contributed by atoms with E-state index >= 15 is 0 Å². The van der Waals surface area contributed by atoms with Crippen molar-refractivity contribution in [3.05, 3.63) is 29.8 Å². The van der Waals surface area contributed by atoms with Gasteiger partial charge in [-0.3, -0.25) is 4.90 Å². The van der Waals surface area contributed by atoms with Crippen LogP contribution < -0.4 is 4.74 Å². The number of aryl methyl sites for hydroxylation is 1. The van der Waals surface area contributed by atoms with Crippen LogP contribution in [0.4, 0.5) is 0 Å². The first-order valence-corrected chi connectivity index (χ1v) is 8.44. The van der Waals surface area contributed by atoms with Gasteiger partial charge in [-0.15, -0.1) is 0 Å². The van der Waals surface area contributed by atoms with E-state index in [9.17, 15) is 10.2 Å². The zero-order chi connectivity index (χ0) is 17.3. The standard InChI is InChI=1S/C19H31NO3/c1-14-8-6-7-9-17(14)23-13-16(22)12-20-18(2,3)10-15(21)11-19(20,4)5/h6-9,15-16,21-22H,10-13H2,1-5H3. The molecule has 0 saturated carbocycles. The van der Waals surface area contributed by atoms with Crippen molar-refractivity contribution in [1.29, 1.82) is 0 Å². The minimum atomic E-state index is -0.566. The van der Waals surface area contributed by atoms with E-state index in [1.165, 1.54) is 0 Å². The van der Waals surface area contributed by atoms with Gasteiger partial charge in [0.2, 0.25) is 0 Å². The Hall–Kier alpha value is -1.10. The third-order valence-electron chi connectivity index (χ3n) is 4.85. The number of aliphatic hydroxyl groups excluding tert-OH is 2. The zero-order valence-corrected chi connectivity index (χ0v) is 15.0. The minimum absolute atomic E-state index is 0.148. The Morgan fingerprint density at radius 2 is 1.74 bits per heavy atom. The number of piperidine rings is 1. The molecule has 130 valence electrons. The molecular weight excluding hydrogens is 290 g/mol. The molecule has 1 aliphatic rings. The number of para-hydroxylation sites is 1. The lowest BCUT2D eigenvalue weighted by molar-refractivity contribution is -0.1000. The topological polar surface area (TPSA) is 52.9 Å². The number of likely N-dealkylation sites (tertiary alicyclic amines) is 1. The molecule has 1 atom stereocenters. The first kappa shape index (κ1) is 18.2. The second-order valence-electron chi connectivity index (χ2n) is 8.03. The molecule has 1 aromatic carbocycles. The molecule has 0 bridgehead atoms. The summed E-state index contributed by atoms with van der Waals surface area (Å²) in [6, 6.07) is 7.84. The average Bonchev–Trinajstić information content (AvgIpc) is 2.41. The SMILES string of the molecule is Cc1ccccc1OCC(O)CN1C(C)(C)CC(O)CC1(C)C. The quantitative estimate of drug-likeness (QED) is 0.875. The molecule has 1 aromatic rings. The van der Waals surface area contributed by atoms with Crippen molar-refractivity contribution >= 4 is 0 Å². The van der Waals surface area contributed by atoms with E-state index in [2.05, 4.69) is 32.6 Å². The van der Waals surface area contributed by atoms with Crippen molar-refractivity contribution in [2.75, 3.05) is 13.2 Å². The van der Waals surface area contributed by atoms with Crippen LogP contribution in [0.3, 0.4) is 0 Å². The lowest BCUT2D eigenvalue weighted by Gasteiger charge is -2.54. The fraction of sp³-hybridized carbons (Fsp3) is 0.684. The van der Waals surface area contributed by atoms with Crippen LogP contribution >= 0.6 is 0 Å². The van der Waals surface area contributed by atoms with Gasteiger partial charge < -0.3 is 14.9 Å². The minimum Gasteiger partial charge on any atom is -0.491 e. The molecule has 4 nitrogen and oxygen atoms in total. The Balaban J connectivity index is 1.98. The van der Waals surface area contributed by atoms with Crippen molar-refractivity contribution < 1.29 is 14.9 Å². The largest absolute Gasteiger partial charge is 0.491 e. The maximum absolute atomic E-state index is 10.5. The van der Waals surface area contributed by atoms with Crippen LogP contribution in [0, 0.1) is 6.92 Å². The molecule has 0 spiro atoms. The highest BCUT2D eigenvalue weighted by Crippen LogP contribution is 2.38. The first-order chi connectivity index (χ1) is 10.6. The lowest BCUT2D eigenvalue weighted by Crippen LogP contribution is -2.63. The summed E-state index contributed by atoms with van der Waals surface area (Å²) in [6.07, 6.45) is 0.601. The van der Waals surface area contributed by atoms with E-state index in [1.807, 2.05) is 31.2 Å². The Morgan fingerprint density at radius 1 is 1.17 bits per heavy atom. The van der Waals surface area contributed by atoms with Gasteiger partial charge in [-0.1, -0.05) is 18.2 Å². The predicted octanol–water partition coefficient (Wildman–Crippen LogP) is 2.75. The molecule has 1 aliphatic heterocycles. The molecular formula is C19H31NO3. The summed E-state index contributed by atoms with van der Waals surface area (Å²) in [6.45, 7) is 11.3. The lowest BCUT2D eigenvalue weighted by atomic mass is 9.78. The van der Waals surface area contributed by atoms with E-state index in [0.29, 0.717) is 6.54 Å². The zero-order valence-electron chi connectivity index (χ0n) is 15.0. The van der Waals surface area contributed by atoms with Crippen LogP contribution in [-0.2, 0) is 0 Å². The van der Waals surface area contributed by atoms with Gasteiger partial charge in [-0.05, 0) is 59.1 Å². The van der Waals surface area contributed by atoms with Gasteiger partial charge in [0.05, 0.1) is 6.10 Å². The molecule has 1 heterocycles. The summed E-state index contributed by atoms with van der Waals surface area (Å²) in [7, 11) is 0. The second kappa shape index (κ2) is 6.80. The van der Waals surface area contributed by atoms with Crippen LogP contribution in [0.15, 0.2) is 24.3 Å². The van der Waals surface area contributed by atoms with E-state index in [4.69, 9.17) is 4.74 Å². The molecule has 4 heteroatoms. The summed E-state index contributed by atoms with van der Waals surface area (Å²) in [5.41, 5.74) is 0.775. The summed E-state index contributed by atoms with van der Waals surface area (Å²) in [5.74, 6) is 0.819. The van der Waals surface area contributed by atoms with Crippen LogP contribution in [0.25, 0.3) is 0 Å². The molecule has 2 N–H and O–H groups in total. The number of aliphatic hydroxyl groups is 2. The summed E-state index contributed by atoms with van der Waals surface area (Å²) < 4.78 is 5.77. The second-order valence-corrected chi connectivity index (χ2v) is 8.03. The average molecular weight is 321 g/mol. The highest BCUT2D eigenvalue weighted by Gasteiger charge is 2.45. The summed E-state index contributed by atoms with van der Waals surface area (Å²) in [5, 5.41) is 20.6. The highest BCUT2D eigenvalue weighted by molar-refractivity contribution is 5.31. The maximum atomic E-state index is 10.5. The third kappa shape index (κ3) is 4.46. The fourth-order valence-electron chi connectivity index (χ4n) is 3.93. The molecule has 0 amide bonds. The van der Waals surface area contributed by atoms with Crippen molar-refractivity contribution in [2.24, 2.45) is 0 Å². The number of nitrogens with zero attached hydrogens (tertiary/aromatic N) is 1. The van der Waals surface area contributed by atoms with Gasteiger partial charge in [0.1, 0.15) is 18.5 Å². The molecule has 1 unspecified atom stereocenters. The number of hydrogen-bond donors (Lipinski definition) is 2. The third-order valence-corrected chi connectivity index (χ3v) is 4.85. The van der Waals surface area contributed by atoms with Crippen molar-refractivity contribution in [1.82, 2.24) is 4.90 Å². The molecule has 1 fully saturated rings. The van der Waals surface area contributed by atoms with Crippen molar-refractivity contribution in [3.8, 4) is 5.75 Å². The fourth-order valence-corrected chi connectivity index (χ4v) is 3.93. The Labute approximate surface area is 140 Å². The number of β-amino-alcohol motifs (C(OH)–C–C–N with tert-alkyl or cyclic N) is 1. The number of rotatable bonds is 5. The maximum Gasteiger partial charge on any atom is 0.122 e. The molecule has 2 rings (SSSR count). The van der Waals surface area contributed by atoms with Crippen LogP contribution in [-0.4, -0.2) is 51.6 Å². The van der Waals surface area contributed by atoms with E-state index in [0.717, 1.165) is 24.2 Å². The molecule has 0 aliphatic carbocycles. The number of benzene rings is 1. The number of ether oxygens (including phenoxy) is 1. The molecule has 0 aromatic heterocycles. The summed E-state index contributed by atoms with van der Waals surface area (Å²) >= 11 is 0. The van der Waals surface area contributed by atoms with Crippen molar-refractivity contribution in [2.45, 2.75) is 70.7 Å². The summed E-state index contributed by atoms with van der Waals surface area (Å²) in [4.78, 5) is 2.30. The van der Waals surface area contributed by atoms with E-state index < -0.39 is 6.10 Å². The monoisotopic (exact) mass is 321 g/mol. The van der Waals surface area contributed by atoms with Gasteiger partial charge in [0.15, 0.2) is 0 Å². The normalized spacial score (nSPS) is 22.7. The van der Waals surface area contributed by atoms with Gasteiger partial charge in [0.25, 0.3) is 0 Å². The molecule has 23 heavy (non-hydrogen) atoms. The van der Waals surface area contributed by atoms with Crippen LogP contribution in [0.5, 0.6) is 5.75 Å². The van der Waals surface area contributed by atoms with Gasteiger partial charge in [0, 0.05) is 17.6 Å². The Bertz CT molecular complexity index is 509. The molecule has 1 saturated heterocycles.